The molecular formula is C20H14FNO3. The zero-order valence-corrected chi connectivity index (χ0v) is 13.2. The zero-order chi connectivity index (χ0) is 17.3. The highest BCUT2D eigenvalue weighted by Gasteiger charge is 2.62. The van der Waals surface area contributed by atoms with Crippen LogP contribution in [0.5, 0.6) is 0 Å². The Kier molecular flexibility index (Phi) is 2.82. The molecule has 1 saturated heterocycles. The number of ketones is 1. The second-order valence-corrected chi connectivity index (χ2v) is 6.92. The summed E-state index contributed by atoms with van der Waals surface area (Å²) in [6, 6.07) is 12.9. The van der Waals surface area contributed by atoms with Crippen molar-refractivity contribution >= 4 is 23.3 Å². The van der Waals surface area contributed by atoms with E-state index in [0.29, 0.717) is 12.1 Å². The normalized spacial score (nSPS) is 29.8. The second kappa shape index (κ2) is 4.85. The van der Waals surface area contributed by atoms with Crippen LogP contribution in [0.25, 0.3) is 0 Å². The third-order valence-electron chi connectivity index (χ3n) is 5.77. The van der Waals surface area contributed by atoms with Crippen LogP contribution in [0, 0.1) is 17.7 Å². The summed E-state index contributed by atoms with van der Waals surface area (Å²) in [4.78, 5) is 39.8. The number of benzene rings is 2. The third kappa shape index (κ3) is 1.78. The maximum atomic E-state index is 13.2. The number of carbonyl (C=O) groups excluding carboxylic acids is 3. The van der Waals surface area contributed by atoms with Gasteiger partial charge in [0.05, 0.1) is 23.4 Å². The Bertz CT molecular complexity index is 936. The number of halogens is 1. The number of carbonyl (C=O) groups is 3. The second-order valence-electron chi connectivity index (χ2n) is 6.92. The van der Waals surface area contributed by atoms with Crippen LogP contribution < -0.4 is 4.90 Å². The Labute approximate surface area is 143 Å². The number of anilines is 1. The Morgan fingerprint density at radius 2 is 1.48 bits per heavy atom. The first-order chi connectivity index (χ1) is 12.1. The lowest BCUT2D eigenvalue weighted by Crippen LogP contribution is -2.44. The summed E-state index contributed by atoms with van der Waals surface area (Å²) in [5.41, 5.74) is 2.25. The molecule has 124 valence electrons. The molecule has 0 radical (unpaired) electrons. The first-order valence-corrected chi connectivity index (χ1v) is 8.33. The number of hydrogen-bond donors (Lipinski definition) is 0. The molecule has 1 aliphatic heterocycles. The first-order valence-electron chi connectivity index (χ1n) is 8.33. The summed E-state index contributed by atoms with van der Waals surface area (Å²) in [7, 11) is 0. The maximum Gasteiger partial charge on any atom is 0.238 e. The van der Waals surface area contributed by atoms with Gasteiger partial charge in [0.2, 0.25) is 11.8 Å². The number of rotatable bonds is 1. The van der Waals surface area contributed by atoms with Crippen LogP contribution in [0.4, 0.5) is 10.1 Å². The average Bonchev–Trinajstić information content (AvgIpc) is 2.88. The lowest BCUT2D eigenvalue weighted by atomic mass is 9.56. The van der Waals surface area contributed by atoms with Gasteiger partial charge in [0.15, 0.2) is 0 Å². The van der Waals surface area contributed by atoms with Gasteiger partial charge in [-0.2, -0.15) is 0 Å². The molecular weight excluding hydrogens is 321 g/mol. The van der Waals surface area contributed by atoms with Crippen LogP contribution in [0.3, 0.4) is 0 Å². The van der Waals surface area contributed by atoms with E-state index >= 15 is 0 Å². The largest absolute Gasteiger partial charge is 0.299 e. The van der Waals surface area contributed by atoms with Gasteiger partial charge in [0, 0.05) is 12.3 Å². The van der Waals surface area contributed by atoms with Crippen LogP contribution in [0.15, 0.2) is 48.5 Å². The lowest BCUT2D eigenvalue weighted by molar-refractivity contribution is -0.134. The van der Waals surface area contributed by atoms with Gasteiger partial charge in [-0.25, -0.2) is 4.39 Å². The van der Waals surface area contributed by atoms with Gasteiger partial charge < -0.3 is 0 Å². The van der Waals surface area contributed by atoms with Gasteiger partial charge in [0.1, 0.15) is 11.6 Å². The molecule has 4 nitrogen and oxygen atoms in total. The molecule has 3 aliphatic carbocycles. The zero-order valence-electron chi connectivity index (χ0n) is 13.2. The summed E-state index contributed by atoms with van der Waals surface area (Å²) in [6.45, 7) is 0. The Hall–Kier alpha value is -2.82. The quantitative estimate of drug-likeness (QED) is 0.753. The molecule has 5 heteroatoms. The molecule has 1 saturated carbocycles. The number of fused-ring (bicyclic) bond motifs is 1. The smallest absolute Gasteiger partial charge is 0.238 e. The van der Waals surface area contributed by atoms with Crippen molar-refractivity contribution in [1.29, 1.82) is 0 Å². The highest BCUT2D eigenvalue weighted by molar-refractivity contribution is 6.24. The number of amides is 2. The molecule has 0 N–H and O–H groups in total. The Morgan fingerprint density at radius 1 is 0.840 bits per heavy atom. The van der Waals surface area contributed by atoms with Gasteiger partial charge in [-0.15, -0.1) is 0 Å². The lowest BCUT2D eigenvalue weighted by Gasteiger charge is -2.43. The van der Waals surface area contributed by atoms with Gasteiger partial charge in [0.25, 0.3) is 0 Å². The topological polar surface area (TPSA) is 54.5 Å². The summed E-state index contributed by atoms with van der Waals surface area (Å²) in [5, 5.41) is 0. The molecule has 2 bridgehead atoms. The van der Waals surface area contributed by atoms with E-state index in [1.165, 1.54) is 24.3 Å². The van der Waals surface area contributed by atoms with Crippen molar-refractivity contribution in [3.8, 4) is 0 Å². The molecule has 0 unspecified atom stereocenters. The van der Waals surface area contributed by atoms with E-state index in [4.69, 9.17) is 0 Å². The molecule has 2 amide bonds. The van der Waals surface area contributed by atoms with E-state index in [-0.39, 0.29) is 23.5 Å². The monoisotopic (exact) mass is 335 g/mol. The van der Waals surface area contributed by atoms with E-state index in [9.17, 15) is 18.8 Å². The number of nitrogens with zero attached hydrogens (tertiary/aromatic N) is 1. The van der Waals surface area contributed by atoms with E-state index in [1.807, 2.05) is 24.3 Å². The fourth-order valence-corrected chi connectivity index (χ4v) is 4.80. The van der Waals surface area contributed by atoms with Crippen molar-refractivity contribution in [3.05, 3.63) is 65.5 Å². The van der Waals surface area contributed by atoms with Crippen molar-refractivity contribution in [1.82, 2.24) is 0 Å². The summed E-state index contributed by atoms with van der Waals surface area (Å²) in [5.74, 6) is -2.96. The highest BCUT2D eigenvalue weighted by atomic mass is 19.1. The molecule has 2 aromatic carbocycles. The van der Waals surface area contributed by atoms with Crippen LogP contribution in [-0.4, -0.2) is 17.6 Å². The predicted molar refractivity (Wildman–Crippen MR) is 87.4 cm³/mol. The van der Waals surface area contributed by atoms with Crippen molar-refractivity contribution < 1.29 is 18.8 Å². The molecule has 25 heavy (non-hydrogen) atoms. The molecule has 4 aliphatic rings. The molecule has 2 fully saturated rings. The first kappa shape index (κ1) is 14.5. The fourth-order valence-electron chi connectivity index (χ4n) is 4.80. The van der Waals surface area contributed by atoms with E-state index in [0.717, 1.165) is 16.0 Å². The van der Waals surface area contributed by atoms with Gasteiger partial charge in [-0.05, 0) is 35.4 Å². The molecule has 0 spiro atoms. The SMILES string of the molecule is O=C1C[C@H]2c3ccccc3[C@H]1[C@@H]1C(=O)N(c3ccc(F)cc3)C(=O)[C@H]12. The minimum atomic E-state index is -0.640. The molecule has 1 heterocycles. The fraction of sp³-hybridized carbons (Fsp3) is 0.250. The van der Waals surface area contributed by atoms with Gasteiger partial charge in [-0.1, -0.05) is 24.3 Å². The number of Topliss-reactive ketones (excluding diaryl/α,β-unsaturated/α-hetero) is 1. The highest BCUT2D eigenvalue weighted by Crippen LogP contribution is 2.57. The summed E-state index contributed by atoms with van der Waals surface area (Å²) >= 11 is 0. The minimum Gasteiger partial charge on any atom is -0.299 e. The Balaban J connectivity index is 1.65. The van der Waals surface area contributed by atoms with Crippen LogP contribution >= 0.6 is 0 Å². The van der Waals surface area contributed by atoms with Crippen molar-refractivity contribution in [3.63, 3.8) is 0 Å². The third-order valence-corrected chi connectivity index (χ3v) is 5.77. The minimum absolute atomic E-state index is 0.0343. The van der Waals surface area contributed by atoms with Crippen LogP contribution in [0.1, 0.15) is 29.4 Å². The Morgan fingerprint density at radius 3 is 2.20 bits per heavy atom. The average molecular weight is 335 g/mol. The summed E-state index contributed by atoms with van der Waals surface area (Å²) < 4.78 is 13.2. The van der Waals surface area contributed by atoms with Gasteiger partial charge >= 0.3 is 0 Å². The van der Waals surface area contributed by atoms with Crippen molar-refractivity contribution in [2.45, 2.75) is 18.3 Å². The van der Waals surface area contributed by atoms with Crippen LogP contribution in [0.2, 0.25) is 0 Å². The maximum absolute atomic E-state index is 13.2. The molecule has 6 rings (SSSR count). The van der Waals surface area contributed by atoms with Crippen molar-refractivity contribution in [2.75, 3.05) is 4.90 Å². The predicted octanol–water partition coefficient (Wildman–Crippen LogP) is 2.79. The van der Waals surface area contributed by atoms with Crippen molar-refractivity contribution in [2.24, 2.45) is 11.8 Å². The molecule has 0 aromatic heterocycles. The van der Waals surface area contributed by atoms with E-state index in [2.05, 4.69) is 0 Å². The summed E-state index contributed by atoms with van der Waals surface area (Å²) in [6.07, 6.45) is 0.305. The van der Waals surface area contributed by atoms with E-state index in [1.54, 1.807) is 0 Å². The van der Waals surface area contributed by atoms with E-state index < -0.39 is 23.6 Å². The molecule has 4 atom stereocenters. The number of imide groups is 1. The van der Waals surface area contributed by atoms with Gasteiger partial charge in [-0.3, -0.25) is 19.3 Å². The number of hydrogen-bond acceptors (Lipinski definition) is 3. The van der Waals surface area contributed by atoms with Crippen LogP contribution in [-0.2, 0) is 14.4 Å². The molecule has 2 aromatic rings. The standard InChI is InChI=1S/C20H14FNO3/c21-10-5-7-11(8-6-10)22-19(24)17-14-9-15(23)16(18(17)20(22)25)13-4-2-1-3-12(13)14/h1-8,14,16-18H,9H2/t14-,16+,17-,18-/m0/s1.